The zero-order valence-electron chi connectivity index (χ0n) is 11.8. The number of rotatable bonds is 2. The lowest BCUT2D eigenvalue weighted by molar-refractivity contribution is -0.0574. The summed E-state index contributed by atoms with van der Waals surface area (Å²) < 4.78 is 14.2. The van der Waals surface area contributed by atoms with Gasteiger partial charge in [0.25, 0.3) is 0 Å². The summed E-state index contributed by atoms with van der Waals surface area (Å²) >= 11 is 3.31. The molecular weight excluding hydrogens is 307 g/mol. The molecule has 0 bridgehead atoms. The van der Waals surface area contributed by atoms with Gasteiger partial charge in [-0.2, -0.15) is 0 Å². The van der Waals surface area contributed by atoms with E-state index in [-0.39, 0.29) is 11.2 Å². The Morgan fingerprint density at radius 2 is 2.00 bits per heavy atom. The molecule has 2 atom stereocenters. The SMILES string of the molecule is CC1CC(C)(C)CC(O)(Cc2cc(F)cc(Br)c2)C1. The summed E-state index contributed by atoms with van der Waals surface area (Å²) in [5, 5.41) is 10.9. The Hall–Kier alpha value is -0.410. The fourth-order valence-electron chi connectivity index (χ4n) is 3.93. The minimum Gasteiger partial charge on any atom is -0.390 e. The monoisotopic (exact) mass is 328 g/mol. The van der Waals surface area contributed by atoms with Gasteiger partial charge in [0.2, 0.25) is 0 Å². The molecule has 0 saturated heterocycles. The molecule has 1 aliphatic carbocycles. The topological polar surface area (TPSA) is 20.2 Å². The van der Waals surface area contributed by atoms with Crippen LogP contribution in [0.4, 0.5) is 4.39 Å². The van der Waals surface area contributed by atoms with E-state index in [1.165, 1.54) is 12.1 Å². The number of hydrogen-bond donors (Lipinski definition) is 1. The van der Waals surface area contributed by atoms with E-state index in [9.17, 15) is 9.50 Å². The van der Waals surface area contributed by atoms with Crippen LogP contribution in [-0.4, -0.2) is 10.7 Å². The normalized spacial score (nSPS) is 30.3. The van der Waals surface area contributed by atoms with Crippen molar-refractivity contribution in [2.24, 2.45) is 11.3 Å². The first kappa shape index (κ1) is 15.0. The maximum atomic E-state index is 13.4. The van der Waals surface area contributed by atoms with E-state index in [2.05, 4.69) is 36.7 Å². The molecule has 0 aliphatic heterocycles. The zero-order chi connectivity index (χ0) is 14.3. The smallest absolute Gasteiger partial charge is 0.124 e. The van der Waals surface area contributed by atoms with Crippen molar-refractivity contribution in [1.82, 2.24) is 0 Å². The van der Waals surface area contributed by atoms with Crippen LogP contribution in [0.25, 0.3) is 0 Å². The summed E-state index contributed by atoms with van der Waals surface area (Å²) in [6.45, 7) is 6.59. The highest BCUT2D eigenvalue weighted by Gasteiger charge is 2.41. The van der Waals surface area contributed by atoms with Crippen LogP contribution in [-0.2, 0) is 6.42 Å². The van der Waals surface area contributed by atoms with Gasteiger partial charge in [0.15, 0.2) is 0 Å². The molecule has 19 heavy (non-hydrogen) atoms. The molecular formula is C16H22BrFO. The van der Waals surface area contributed by atoms with E-state index in [0.717, 1.165) is 29.3 Å². The Morgan fingerprint density at radius 1 is 1.32 bits per heavy atom. The first-order valence-electron chi connectivity index (χ1n) is 6.85. The van der Waals surface area contributed by atoms with Crippen molar-refractivity contribution in [1.29, 1.82) is 0 Å². The van der Waals surface area contributed by atoms with Crippen LogP contribution in [0.5, 0.6) is 0 Å². The summed E-state index contributed by atoms with van der Waals surface area (Å²) in [4.78, 5) is 0. The third kappa shape index (κ3) is 4.03. The molecule has 106 valence electrons. The average Bonchev–Trinajstić information content (AvgIpc) is 2.08. The van der Waals surface area contributed by atoms with Crippen LogP contribution < -0.4 is 0 Å². The molecule has 1 fully saturated rings. The number of hydrogen-bond acceptors (Lipinski definition) is 1. The fraction of sp³-hybridized carbons (Fsp3) is 0.625. The largest absolute Gasteiger partial charge is 0.390 e. The zero-order valence-corrected chi connectivity index (χ0v) is 13.4. The van der Waals surface area contributed by atoms with Gasteiger partial charge in [-0.05, 0) is 54.4 Å². The first-order chi connectivity index (χ1) is 8.67. The summed E-state index contributed by atoms with van der Waals surface area (Å²) in [5.74, 6) is 0.252. The number of aliphatic hydroxyl groups is 1. The molecule has 2 unspecified atom stereocenters. The Labute approximate surface area is 123 Å². The predicted molar refractivity (Wildman–Crippen MR) is 79.5 cm³/mol. The standard InChI is InChI=1S/C16H22BrFO/c1-11-7-15(2,3)10-16(19,8-11)9-12-4-13(17)6-14(18)5-12/h4-6,11,19H,7-10H2,1-3H3. The molecule has 0 spiro atoms. The lowest BCUT2D eigenvalue weighted by Gasteiger charge is -2.44. The van der Waals surface area contributed by atoms with Gasteiger partial charge in [0.05, 0.1) is 5.60 Å². The van der Waals surface area contributed by atoms with Gasteiger partial charge in [-0.15, -0.1) is 0 Å². The molecule has 0 heterocycles. The van der Waals surface area contributed by atoms with Crippen molar-refractivity contribution in [3.8, 4) is 0 Å². The third-order valence-electron chi connectivity index (χ3n) is 3.89. The average molecular weight is 329 g/mol. The van der Waals surface area contributed by atoms with E-state index >= 15 is 0 Å². The fourth-order valence-corrected chi connectivity index (χ4v) is 4.44. The highest BCUT2D eigenvalue weighted by Crippen LogP contribution is 2.45. The van der Waals surface area contributed by atoms with Crippen LogP contribution in [0.2, 0.25) is 0 Å². The predicted octanol–water partition coefficient (Wildman–Crippen LogP) is 4.71. The molecule has 3 heteroatoms. The van der Waals surface area contributed by atoms with Gasteiger partial charge in [0, 0.05) is 10.9 Å². The highest BCUT2D eigenvalue weighted by molar-refractivity contribution is 9.10. The summed E-state index contributed by atoms with van der Waals surface area (Å²) in [5.41, 5.74) is 0.296. The minimum atomic E-state index is -0.714. The minimum absolute atomic E-state index is 0.150. The molecule has 2 rings (SSSR count). The number of halogens is 2. The molecule has 0 aromatic heterocycles. The Kier molecular flexibility index (Phi) is 4.08. The van der Waals surface area contributed by atoms with Gasteiger partial charge in [-0.1, -0.05) is 36.7 Å². The molecule has 1 N–H and O–H groups in total. The maximum Gasteiger partial charge on any atom is 0.124 e. The Balaban J connectivity index is 2.20. The lowest BCUT2D eigenvalue weighted by atomic mass is 9.64. The first-order valence-corrected chi connectivity index (χ1v) is 7.64. The van der Waals surface area contributed by atoms with Crippen molar-refractivity contribution in [2.45, 2.75) is 52.1 Å². The van der Waals surface area contributed by atoms with Crippen LogP contribution >= 0.6 is 15.9 Å². The van der Waals surface area contributed by atoms with Crippen LogP contribution in [0.15, 0.2) is 22.7 Å². The molecule has 1 aromatic carbocycles. The van der Waals surface area contributed by atoms with Gasteiger partial charge in [0.1, 0.15) is 5.82 Å². The van der Waals surface area contributed by atoms with E-state index in [1.807, 2.05) is 6.07 Å². The van der Waals surface area contributed by atoms with E-state index in [0.29, 0.717) is 12.3 Å². The molecule has 1 aliphatic rings. The molecule has 1 aromatic rings. The van der Waals surface area contributed by atoms with Crippen molar-refractivity contribution in [3.05, 3.63) is 34.1 Å². The maximum absolute atomic E-state index is 13.4. The van der Waals surface area contributed by atoms with Gasteiger partial charge in [-0.25, -0.2) is 4.39 Å². The quantitative estimate of drug-likeness (QED) is 0.833. The molecule has 0 radical (unpaired) electrons. The van der Waals surface area contributed by atoms with Gasteiger partial charge < -0.3 is 5.11 Å². The van der Waals surface area contributed by atoms with Crippen LogP contribution in [0.1, 0.15) is 45.6 Å². The molecule has 0 amide bonds. The Bertz CT molecular complexity index is 452. The van der Waals surface area contributed by atoms with Gasteiger partial charge >= 0.3 is 0 Å². The summed E-state index contributed by atoms with van der Waals surface area (Å²) in [6, 6.07) is 4.86. The highest BCUT2D eigenvalue weighted by atomic mass is 79.9. The molecule has 1 nitrogen and oxygen atoms in total. The second-order valence-corrected chi connectivity index (χ2v) is 7.95. The number of benzene rings is 1. The van der Waals surface area contributed by atoms with Crippen molar-refractivity contribution >= 4 is 15.9 Å². The second kappa shape index (κ2) is 5.17. The Morgan fingerprint density at radius 3 is 2.58 bits per heavy atom. The van der Waals surface area contributed by atoms with Crippen molar-refractivity contribution in [3.63, 3.8) is 0 Å². The van der Waals surface area contributed by atoms with E-state index < -0.39 is 5.60 Å². The lowest BCUT2D eigenvalue weighted by Crippen LogP contribution is -2.43. The van der Waals surface area contributed by atoms with Crippen molar-refractivity contribution < 1.29 is 9.50 Å². The second-order valence-electron chi connectivity index (χ2n) is 7.03. The molecule has 1 saturated carbocycles. The third-order valence-corrected chi connectivity index (χ3v) is 4.35. The van der Waals surface area contributed by atoms with Crippen molar-refractivity contribution in [2.75, 3.05) is 0 Å². The van der Waals surface area contributed by atoms with Gasteiger partial charge in [-0.3, -0.25) is 0 Å². The summed E-state index contributed by atoms with van der Waals surface area (Å²) in [6.07, 6.45) is 3.24. The summed E-state index contributed by atoms with van der Waals surface area (Å²) in [7, 11) is 0. The van der Waals surface area contributed by atoms with Crippen LogP contribution in [0.3, 0.4) is 0 Å². The van der Waals surface area contributed by atoms with E-state index in [4.69, 9.17) is 0 Å². The van der Waals surface area contributed by atoms with Crippen LogP contribution in [0, 0.1) is 17.2 Å². The van der Waals surface area contributed by atoms with E-state index in [1.54, 1.807) is 0 Å².